The van der Waals surface area contributed by atoms with Crippen LogP contribution in [0.5, 0.6) is 11.5 Å². The molecule has 0 aliphatic heterocycles. The third-order valence-electron chi connectivity index (χ3n) is 9.23. The second-order valence-electron chi connectivity index (χ2n) is 11.9. The number of alkyl halides is 3. The summed E-state index contributed by atoms with van der Waals surface area (Å²) in [6.07, 6.45) is 4.55. The highest BCUT2D eigenvalue weighted by molar-refractivity contribution is 9.10. The van der Waals surface area contributed by atoms with Crippen molar-refractivity contribution in [2.75, 3.05) is 19.5 Å². The largest absolute Gasteiger partial charge is 0.501 e. The van der Waals surface area contributed by atoms with E-state index in [-0.39, 0.29) is 46.8 Å². The van der Waals surface area contributed by atoms with Gasteiger partial charge in [0.2, 0.25) is 5.91 Å². The number of nitrogens with one attached hydrogen (secondary N) is 2. The number of rotatable bonds is 9. The molecule has 2 amide bonds. The normalized spacial score (nSPS) is 25.9. The molecule has 10 nitrogen and oxygen atoms in total. The number of esters is 1. The Labute approximate surface area is 272 Å². The molecule has 4 atom stereocenters. The van der Waals surface area contributed by atoms with Crippen molar-refractivity contribution < 1.29 is 50.2 Å². The number of methoxy groups -OCH3 is 2. The van der Waals surface area contributed by atoms with Crippen molar-refractivity contribution in [3.05, 3.63) is 46.4 Å². The number of carbonyl (C=O) groups excluding carboxylic acids is 3. The van der Waals surface area contributed by atoms with Gasteiger partial charge in [-0.3, -0.25) is 14.4 Å². The van der Waals surface area contributed by atoms with E-state index in [0.29, 0.717) is 42.3 Å². The first-order valence-corrected chi connectivity index (χ1v) is 17.2. The monoisotopic (exact) mass is 730 g/mol. The summed E-state index contributed by atoms with van der Waals surface area (Å²) < 4.78 is 80.2. The van der Waals surface area contributed by atoms with E-state index in [9.17, 15) is 36.0 Å². The van der Waals surface area contributed by atoms with Crippen LogP contribution in [0.3, 0.4) is 0 Å². The predicted molar refractivity (Wildman–Crippen MR) is 163 cm³/mol. The molecule has 0 unspecified atom stereocenters. The third-order valence-corrected chi connectivity index (χ3v) is 11.3. The molecule has 3 aliphatic carbocycles. The van der Waals surface area contributed by atoms with Gasteiger partial charge in [0.15, 0.2) is 0 Å². The van der Waals surface area contributed by atoms with Crippen LogP contribution in [0.15, 0.2) is 45.8 Å². The molecule has 2 bridgehead atoms. The van der Waals surface area contributed by atoms with Crippen molar-refractivity contribution in [3.63, 3.8) is 0 Å². The fraction of sp³-hybridized carbons (Fsp3) is 0.516. The van der Waals surface area contributed by atoms with Crippen molar-refractivity contribution in [2.45, 2.75) is 67.5 Å². The van der Waals surface area contributed by atoms with Crippen molar-refractivity contribution in [1.29, 1.82) is 0 Å². The maximum Gasteiger partial charge on any atom is 0.501 e. The van der Waals surface area contributed by atoms with Gasteiger partial charge in [-0.25, -0.2) is 8.42 Å². The second kappa shape index (κ2) is 13.4. The number of benzene rings is 2. The summed E-state index contributed by atoms with van der Waals surface area (Å²) in [7, 11) is -2.81. The van der Waals surface area contributed by atoms with Crippen LogP contribution >= 0.6 is 15.9 Å². The maximum atomic E-state index is 13.7. The number of fused-ring (bicyclic) bond motifs is 2. The lowest BCUT2D eigenvalue weighted by Crippen LogP contribution is -2.48. The molecule has 3 aliphatic rings. The number of ether oxygens (including phenoxy) is 3. The average Bonchev–Trinajstić information content (AvgIpc) is 3.63. The lowest BCUT2D eigenvalue weighted by atomic mass is 9.83. The Morgan fingerprint density at radius 1 is 0.935 bits per heavy atom. The Kier molecular flexibility index (Phi) is 9.92. The number of hydrogen-bond donors (Lipinski definition) is 2. The van der Waals surface area contributed by atoms with E-state index in [4.69, 9.17) is 14.2 Å². The Balaban J connectivity index is 1.31. The van der Waals surface area contributed by atoms with Crippen LogP contribution in [-0.4, -0.2) is 58.1 Å². The smallest absolute Gasteiger partial charge is 0.496 e. The first-order valence-electron chi connectivity index (χ1n) is 14.9. The molecule has 0 aromatic heterocycles. The topological polar surface area (TPSA) is 137 Å². The quantitative estimate of drug-likeness (QED) is 0.316. The van der Waals surface area contributed by atoms with E-state index < -0.39 is 44.0 Å². The molecule has 0 spiro atoms. The van der Waals surface area contributed by atoms with E-state index in [0.717, 1.165) is 31.0 Å². The van der Waals surface area contributed by atoms with Crippen molar-refractivity contribution >= 4 is 49.2 Å². The van der Waals surface area contributed by atoms with Gasteiger partial charge in [-0.1, -0.05) is 6.07 Å². The zero-order chi connectivity index (χ0) is 33.4. The lowest BCUT2D eigenvalue weighted by molar-refractivity contribution is -0.147. The van der Waals surface area contributed by atoms with Crippen LogP contribution in [0.2, 0.25) is 0 Å². The van der Waals surface area contributed by atoms with Gasteiger partial charge in [-0.15, -0.1) is 0 Å². The van der Waals surface area contributed by atoms with E-state index in [1.54, 1.807) is 12.1 Å². The summed E-state index contributed by atoms with van der Waals surface area (Å²) in [6.45, 7) is 0. The first kappa shape index (κ1) is 34.0. The zero-order valence-corrected chi connectivity index (χ0v) is 27.5. The van der Waals surface area contributed by atoms with Crippen LogP contribution in [0.4, 0.5) is 18.9 Å². The third kappa shape index (κ3) is 6.85. The predicted octanol–water partition coefficient (Wildman–Crippen LogP) is 5.65. The minimum atomic E-state index is -5.60. The molecule has 0 saturated heterocycles. The number of anilines is 1. The van der Waals surface area contributed by atoms with Gasteiger partial charge in [-0.2, -0.15) is 13.2 Å². The Bertz CT molecular complexity index is 1610. The fourth-order valence-electron chi connectivity index (χ4n) is 6.94. The van der Waals surface area contributed by atoms with Crippen LogP contribution in [0, 0.1) is 23.7 Å². The van der Waals surface area contributed by atoms with E-state index in [1.807, 2.05) is 0 Å². The standard InChI is InChI=1S/C31H34BrF3N2O8S/c1-43-24-15-23(32)25(45-20-10-8-16(9-11-20)30(40)44-2)14-22(24)28(38)37-27-18-7-6-17(12-18)26(27)29(39)36-19-4-3-5-21(13-19)46(41,42)31(33,34)35/h3-5,13-18,20,26-27H,6-12H2,1-2H3,(H,36,39)(H,37,38)/t16-,17-,18+,20+,26+,27-/m1/s1. The van der Waals surface area contributed by atoms with Gasteiger partial charge in [0.1, 0.15) is 11.5 Å². The molecule has 2 aromatic rings. The van der Waals surface area contributed by atoms with Crippen molar-refractivity contribution in [2.24, 2.45) is 23.7 Å². The highest BCUT2D eigenvalue weighted by Gasteiger charge is 2.52. The van der Waals surface area contributed by atoms with Gasteiger partial charge in [0, 0.05) is 11.7 Å². The zero-order valence-electron chi connectivity index (χ0n) is 25.1. The van der Waals surface area contributed by atoms with Gasteiger partial charge in [-0.05, 0) is 103 Å². The van der Waals surface area contributed by atoms with Crippen LogP contribution < -0.4 is 20.1 Å². The van der Waals surface area contributed by atoms with Gasteiger partial charge in [0.25, 0.3) is 15.7 Å². The Morgan fingerprint density at radius 3 is 2.28 bits per heavy atom. The molecule has 46 heavy (non-hydrogen) atoms. The summed E-state index contributed by atoms with van der Waals surface area (Å²) >= 11 is 3.48. The van der Waals surface area contributed by atoms with Gasteiger partial charge < -0.3 is 24.8 Å². The molecule has 3 fully saturated rings. The molecule has 250 valence electrons. The lowest BCUT2D eigenvalue weighted by Gasteiger charge is -2.31. The summed E-state index contributed by atoms with van der Waals surface area (Å²) in [5.41, 5.74) is -5.39. The van der Waals surface area contributed by atoms with Gasteiger partial charge in [0.05, 0.1) is 47.1 Å². The first-order chi connectivity index (χ1) is 21.7. The number of carbonyl (C=O) groups is 3. The Morgan fingerprint density at radius 2 is 1.63 bits per heavy atom. The van der Waals surface area contributed by atoms with Crippen molar-refractivity contribution in [3.8, 4) is 11.5 Å². The second-order valence-corrected chi connectivity index (χ2v) is 14.7. The maximum absolute atomic E-state index is 13.7. The molecule has 2 aromatic carbocycles. The minimum absolute atomic E-state index is 0.00352. The molecule has 5 rings (SSSR count). The molecule has 2 N–H and O–H groups in total. The van der Waals surface area contributed by atoms with E-state index >= 15 is 0 Å². The van der Waals surface area contributed by atoms with E-state index in [2.05, 4.69) is 26.6 Å². The van der Waals surface area contributed by atoms with E-state index in [1.165, 1.54) is 20.3 Å². The van der Waals surface area contributed by atoms with Crippen LogP contribution in [-0.2, 0) is 24.2 Å². The summed E-state index contributed by atoms with van der Waals surface area (Å²) in [4.78, 5) is 38.1. The highest BCUT2D eigenvalue weighted by atomic mass is 79.9. The number of hydrogen-bond acceptors (Lipinski definition) is 8. The molecular weight excluding hydrogens is 697 g/mol. The van der Waals surface area contributed by atoms with Gasteiger partial charge >= 0.3 is 11.5 Å². The summed E-state index contributed by atoms with van der Waals surface area (Å²) in [5.74, 6) is -1.47. The summed E-state index contributed by atoms with van der Waals surface area (Å²) in [6, 6.07) is 6.65. The molecule has 0 radical (unpaired) electrons. The van der Waals surface area contributed by atoms with Crippen LogP contribution in [0.1, 0.15) is 55.3 Å². The Hall–Kier alpha value is -3.33. The van der Waals surface area contributed by atoms with Crippen molar-refractivity contribution in [1.82, 2.24) is 5.32 Å². The number of amides is 2. The SMILES string of the molecule is COc1cc(Br)c(O[C@H]2CC[C@@H](C(=O)OC)CC2)cc1C(=O)N[C@@H]1[C@H]2CC[C@H](C2)[C@@H]1C(=O)Nc1cccc(S(=O)(=O)C(F)(F)F)c1. The minimum Gasteiger partial charge on any atom is -0.496 e. The molecule has 3 saturated carbocycles. The molecular formula is C31H34BrF3N2O8S. The molecule has 15 heteroatoms. The fourth-order valence-corrected chi connectivity index (χ4v) is 8.16. The number of sulfone groups is 1. The number of halogens is 4. The molecule has 0 heterocycles. The van der Waals surface area contributed by atoms with Crippen LogP contribution in [0.25, 0.3) is 0 Å². The average molecular weight is 732 g/mol. The highest BCUT2D eigenvalue weighted by Crippen LogP contribution is 2.49. The summed E-state index contributed by atoms with van der Waals surface area (Å²) in [5, 5.41) is 5.57.